The van der Waals surface area contributed by atoms with E-state index in [1.54, 1.807) is 12.1 Å². The zero-order valence-electron chi connectivity index (χ0n) is 12.0. The van der Waals surface area contributed by atoms with Crippen LogP contribution in [0, 0.1) is 0 Å². The molecule has 0 radical (unpaired) electrons. The third-order valence-electron chi connectivity index (χ3n) is 4.14. The third kappa shape index (κ3) is 3.04. The summed E-state index contributed by atoms with van der Waals surface area (Å²) in [6.07, 6.45) is 4.71. The predicted octanol–water partition coefficient (Wildman–Crippen LogP) is 0.827. The highest BCUT2D eigenvalue weighted by Gasteiger charge is 2.27. The molecule has 0 aromatic carbocycles. The van der Waals surface area contributed by atoms with Gasteiger partial charge in [0, 0.05) is 32.4 Å². The van der Waals surface area contributed by atoms with E-state index in [-0.39, 0.29) is 11.0 Å². The van der Waals surface area contributed by atoms with Gasteiger partial charge >= 0.3 is 0 Å². The summed E-state index contributed by atoms with van der Waals surface area (Å²) in [6, 6.07) is 3.36. The minimum Gasteiger partial charge on any atom is -0.391 e. The first-order valence-corrected chi connectivity index (χ1v) is 8.90. The standard InChI is InChI=1S/C14H21N3O3S/c18-12-4-3-7-16(11-12)14-6-5-13(10-15-14)21(19,20)17-8-1-2-9-17/h5-6,10,12,18H,1-4,7-9,11H2. The van der Waals surface area contributed by atoms with Gasteiger partial charge in [0.05, 0.1) is 6.10 Å². The number of hydrogen-bond acceptors (Lipinski definition) is 5. The molecule has 6 nitrogen and oxygen atoms in total. The number of aliphatic hydroxyl groups excluding tert-OH is 1. The van der Waals surface area contributed by atoms with E-state index in [0.29, 0.717) is 19.6 Å². The van der Waals surface area contributed by atoms with Crippen LogP contribution in [0.5, 0.6) is 0 Å². The van der Waals surface area contributed by atoms with Crippen molar-refractivity contribution in [1.82, 2.24) is 9.29 Å². The Morgan fingerprint density at radius 3 is 2.52 bits per heavy atom. The van der Waals surface area contributed by atoms with Crippen molar-refractivity contribution in [3.05, 3.63) is 18.3 Å². The molecule has 0 amide bonds. The maximum Gasteiger partial charge on any atom is 0.244 e. The van der Waals surface area contributed by atoms with Crippen LogP contribution in [0.2, 0.25) is 0 Å². The molecule has 2 aliphatic heterocycles. The SMILES string of the molecule is O=S(=O)(c1ccc(N2CCCC(O)C2)nc1)N1CCCC1. The molecule has 0 bridgehead atoms. The van der Waals surface area contributed by atoms with Crippen LogP contribution in [0.3, 0.4) is 0 Å². The van der Waals surface area contributed by atoms with Gasteiger partial charge in [-0.1, -0.05) is 0 Å². The molecule has 116 valence electrons. The summed E-state index contributed by atoms with van der Waals surface area (Å²) in [5.41, 5.74) is 0. The number of anilines is 1. The molecule has 2 aliphatic rings. The van der Waals surface area contributed by atoms with Crippen LogP contribution in [-0.4, -0.2) is 55.1 Å². The van der Waals surface area contributed by atoms with Gasteiger partial charge in [-0.2, -0.15) is 4.31 Å². The topological polar surface area (TPSA) is 73.7 Å². The summed E-state index contributed by atoms with van der Waals surface area (Å²) in [4.78, 5) is 6.54. The Labute approximate surface area is 125 Å². The average molecular weight is 311 g/mol. The van der Waals surface area contributed by atoms with E-state index < -0.39 is 10.0 Å². The molecule has 1 aromatic rings. The minimum absolute atomic E-state index is 0.255. The van der Waals surface area contributed by atoms with E-state index in [9.17, 15) is 13.5 Å². The maximum atomic E-state index is 12.4. The molecule has 1 atom stereocenters. The molecule has 0 saturated carbocycles. The van der Waals surface area contributed by atoms with Gasteiger partial charge in [-0.05, 0) is 37.8 Å². The molecular formula is C14H21N3O3S. The Bertz CT molecular complexity index is 582. The zero-order valence-corrected chi connectivity index (χ0v) is 12.8. The number of aliphatic hydroxyl groups is 1. The average Bonchev–Trinajstić information content (AvgIpc) is 3.02. The lowest BCUT2D eigenvalue weighted by Crippen LogP contribution is -2.38. The van der Waals surface area contributed by atoms with Gasteiger partial charge in [0.2, 0.25) is 10.0 Å². The summed E-state index contributed by atoms with van der Waals surface area (Å²) in [5, 5.41) is 9.70. The highest BCUT2D eigenvalue weighted by Crippen LogP contribution is 2.23. The molecule has 21 heavy (non-hydrogen) atoms. The van der Waals surface area contributed by atoms with E-state index >= 15 is 0 Å². The van der Waals surface area contributed by atoms with Gasteiger partial charge in [-0.3, -0.25) is 0 Å². The number of aromatic nitrogens is 1. The van der Waals surface area contributed by atoms with Crippen molar-refractivity contribution in [1.29, 1.82) is 0 Å². The number of β-amino-alcohol motifs (C(OH)–C–C–N with tert-alkyl or cyclic N) is 1. The van der Waals surface area contributed by atoms with Crippen molar-refractivity contribution in [2.45, 2.75) is 36.7 Å². The van der Waals surface area contributed by atoms with Crippen LogP contribution in [-0.2, 0) is 10.0 Å². The summed E-state index contributed by atoms with van der Waals surface area (Å²) in [5.74, 6) is 0.731. The lowest BCUT2D eigenvalue weighted by molar-refractivity contribution is 0.154. The third-order valence-corrected chi connectivity index (χ3v) is 6.03. The smallest absolute Gasteiger partial charge is 0.244 e. The van der Waals surface area contributed by atoms with Gasteiger partial charge in [0.25, 0.3) is 0 Å². The van der Waals surface area contributed by atoms with Crippen LogP contribution >= 0.6 is 0 Å². The Kier molecular flexibility index (Phi) is 4.14. The quantitative estimate of drug-likeness (QED) is 0.895. The van der Waals surface area contributed by atoms with Gasteiger partial charge in [-0.15, -0.1) is 0 Å². The summed E-state index contributed by atoms with van der Waals surface area (Å²) < 4.78 is 26.3. The van der Waals surface area contributed by atoms with Crippen LogP contribution < -0.4 is 4.90 Å². The van der Waals surface area contributed by atoms with Crippen molar-refractivity contribution < 1.29 is 13.5 Å². The second-order valence-electron chi connectivity index (χ2n) is 5.71. The largest absolute Gasteiger partial charge is 0.391 e. The van der Waals surface area contributed by atoms with Crippen LogP contribution in [0.15, 0.2) is 23.2 Å². The fourth-order valence-electron chi connectivity index (χ4n) is 2.95. The summed E-state index contributed by atoms with van der Waals surface area (Å²) >= 11 is 0. The maximum absolute atomic E-state index is 12.4. The molecule has 3 heterocycles. The molecule has 2 fully saturated rings. The monoisotopic (exact) mass is 311 g/mol. The molecule has 3 rings (SSSR count). The fraction of sp³-hybridized carbons (Fsp3) is 0.643. The normalized spacial score (nSPS) is 24.4. The van der Waals surface area contributed by atoms with E-state index in [1.807, 2.05) is 4.90 Å². The number of hydrogen-bond donors (Lipinski definition) is 1. The molecule has 1 unspecified atom stereocenters. The molecule has 0 aliphatic carbocycles. The molecule has 1 aromatic heterocycles. The summed E-state index contributed by atoms with van der Waals surface area (Å²) in [6.45, 7) is 2.61. The first kappa shape index (κ1) is 14.7. The number of sulfonamides is 1. The Morgan fingerprint density at radius 2 is 1.90 bits per heavy atom. The van der Waals surface area contributed by atoms with Crippen LogP contribution in [0.1, 0.15) is 25.7 Å². The van der Waals surface area contributed by atoms with Crippen LogP contribution in [0.4, 0.5) is 5.82 Å². The van der Waals surface area contributed by atoms with Crippen molar-refractivity contribution >= 4 is 15.8 Å². The zero-order chi connectivity index (χ0) is 14.9. The first-order valence-electron chi connectivity index (χ1n) is 7.46. The van der Waals surface area contributed by atoms with Gasteiger partial charge in [0.1, 0.15) is 10.7 Å². The lowest BCUT2D eigenvalue weighted by atomic mass is 10.1. The minimum atomic E-state index is -3.39. The second kappa shape index (κ2) is 5.90. The Hall–Kier alpha value is -1.18. The van der Waals surface area contributed by atoms with E-state index in [1.165, 1.54) is 10.5 Å². The second-order valence-corrected chi connectivity index (χ2v) is 7.64. The predicted molar refractivity (Wildman–Crippen MR) is 79.7 cm³/mol. The Morgan fingerprint density at radius 1 is 1.14 bits per heavy atom. The fourth-order valence-corrected chi connectivity index (χ4v) is 4.42. The number of nitrogens with zero attached hydrogens (tertiary/aromatic N) is 3. The van der Waals surface area contributed by atoms with E-state index in [2.05, 4.69) is 4.98 Å². The summed E-state index contributed by atoms with van der Waals surface area (Å²) in [7, 11) is -3.39. The number of rotatable bonds is 3. The molecular weight excluding hydrogens is 290 g/mol. The molecule has 0 spiro atoms. The van der Waals surface area contributed by atoms with Crippen molar-refractivity contribution in [3.8, 4) is 0 Å². The van der Waals surface area contributed by atoms with E-state index in [0.717, 1.165) is 38.0 Å². The van der Waals surface area contributed by atoms with Crippen LogP contribution in [0.25, 0.3) is 0 Å². The highest BCUT2D eigenvalue weighted by molar-refractivity contribution is 7.89. The van der Waals surface area contributed by atoms with Gasteiger partial charge < -0.3 is 10.0 Å². The number of piperidine rings is 1. The van der Waals surface area contributed by atoms with Crippen molar-refractivity contribution in [2.24, 2.45) is 0 Å². The molecule has 7 heteroatoms. The van der Waals surface area contributed by atoms with Crippen molar-refractivity contribution in [2.75, 3.05) is 31.1 Å². The van der Waals surface area contributed by atoms with Crippen molar-refractivity contribution in [3.63, 3.8) is 0 Å². The first-order chi connectivity index (χ1) is 10.1. The van der Waals surface area contributed by atoms with E-state index in [4.69, 9.17) is 0 Å². The highest BCUT2D eigenvalue weighted by atomic mass is 32.2. The molecule has 2 saturated heterocycles. The Balaban J connectivity index is 1.77. The van der Waals surface area contributed by atoms with Gasteiger partial charge in [0.15, 0.2) is 0 Å². The molecule has 1 N–H and O–H groups in total. The van der Waals surface area contributed by atoms with Gasteiger partial charge in [-0.25, -0.2) is 13.4 Å². The lowest BCUT2D eigenvalue weighted by Gasteiger charge is -2.31. The number of pyridine rings is 1.